The van der Waals surface area contributed by atoms with Crippen LogP contribution in [-0.2, 0) is 19.3 Å². The standard InChI is InChI=1S/C14H16O4S/c1-17-13-9-7-10(12-11(9)18-12)14(13)19(15,16)8-5-3-2-4-6-8/h2-6,9-14H,7H2,1H3/t9-,10+,11+,12-,13-,14-/m1/s1. The molecule has 1 saturated heterocycles. The maximum Gasteiger partial charge on any atom is 0.184 e. The molecule has 3 fully saturated rings. The second kappa shape index (κ2) is 3.81. The molecule has 5 heteroatoms. The molecule has 2 bridgehead atoms. The van der Waals surface area contributed by atoms with Gasteiger partial charge in [0, 0.05) is 18.9 Å². The molecule has 102 valence electrons. The molecule has 1 aromatic rings. The van der Waals surface area contributed by atoms with E-state index in [1.807, 2.05) is 6.07 Å². The number of methoxy groups -OCH3 is 1. The first-order valence-corrected chi connectivity index (χ1v) is 8.16. The summed E-state index contributed by atoms with van der Waals surface area (Å²) in [5.74, 6) is 0.355. The Morgan fingerprint density at radius 1 is 1.16 bits per heavy atom. The minimum Gasteiger partial charge on any atom is -0.380 e. The molecule has 0 amide bonds. The Hall–Kier alpha value is -0.910. The lowest BCUT2D eigenvalue weighted by Crippen LogP contribution is -2.43. The normalized spacial score (nSPS) is 43.2. The van der Waals surface area contributed by atoms with Crippen LogP contribution in [0.25, 0.3) is 0 Å². The number of benzene rings is 1. The highest BCUT2D eigenvalue weighted by atomic mass is 32.2. The van der Waals surface area contributed by atoms with Gasteiger partial charge in [-0.1, -0.05) is 18.2 Å². The molecular formula is C14H16O4S. The monoisotopic (exact) mass is 280 g/mol. The molecular weight excluding hydrogens is 264 g/mol. The van der Waals surface area contributed by atoms with Crippen LogP contribution in [0, 0.1) is 11.8 Å². The minimum atomic E-state index is -3.34. The lowest BCUT2D eigenvalue weighted by atomic mass is 9.97. The molecule has 0 unspecified atom stereocenters. The fraction of sp³-hybridized carbons (Fsp3) is 0.571. The van der Waals surface area contributed by atoms with Gasteiger partial charge < -0.3 is 9.47 Å². The number of rotatable bonds is 3. The summed E-state index contributed by atoms with van der Waals surface area (Å²) >= 11 is 0. The lowest BCUT2D eigenvalue weighted by molar-refractivity contribution is 0.0603. The van der Waals surface area contributed by atoms with Crippen LogP contribution in [0.15, 0.2) is 35.2 Å². The third-order valence-electron chi connectivity index (χ3n) is 4.82. The van der Waals surface area contributed by atoms with Crippen molar-refractivity contribution in [3.63, 3.8) is 0 Å². The van der Waals surface area contributed by atoms with E-state index >= 15 is 0 Å². The van der Waals surface area contributed by atoms with Gasteiger partial charge >= 0.3 is 0 Å². The van der Waals surface area contributed by atoms with Crippen LogP contribution < -0.4 is 0 Å². The van der Waals surface area contributed by atoms with Gasteiger partial charge in [0.25, 0.3) is 0 Å². The maximum absolute atomic E-state index is 12.8. The van der Waals surface area contributed by atoms with Crippen molar-refractivity contribution in [3.8, 4) is 0 Å². The molecule has 2 saturated carbocycles. The summed E-state index contributed by atoms with van der Waals surface area (Å²) in [5, 5.41) is -0.450. The second-order valence-corrected chi connectivity index (χ2v) is 7.76. The van der Waals surface area contributed by atoms with Crippen LogP contribution in [0.3, 0.4) is 0 Å². The zero-order valence-corrected chi connectivity index (χ0v) is 11.4. The Labute approximate surface area is 112 Å². The van der Waals surface area contributed by atoms with Crippen LogP contribution in [0.1, 0.15) is 6.42 Å². The Balaban J connectivity index is 1.76. The first-order chi connectivity index (χ1) is 9.14. The minimum absolute atomic E-state index is 0.102. The summed E-state index contributed by atoms with van der Waals surface area (Å²) in [6.07, 6.45) is 1.10. The fourth-order valence-electron chi connectivity index (χ4n) is 4.02. The summed E-state index contributed by atoms with van der Waals surface area (Å²) in [7, 11) is -1.73. The molecule has 19 heavy (non-hydrogen) atoms. The second-order valence-electron chi connectivity index (χ2n) is 5.65. The first kappa shape index (κ1) is 11.9. The van der Waals surface area contributed by atoms with E-state index in [9.17, 15) is 8.42 Å². The zero-order valence-electron chi connectivity index (χ0n) is 10.6. The van der Waals surface area contributed by atoms with Gasteiger partial charge in [0.15, 0.2) is 9.84 Å². The topological polar surface area (TPSA) is 55.9 Å². The number of fused-ring (bicyclic) bond motifs is 5. The third-order valence-corrected chi connectivity index (χ3v) is 7.08. The molecule has 0 spiro atoms. The lowest BCUT2D eigenvalue weighted by Gasteiger charge is -2.27. The molecule has 1 heterocycles. The van der Waals surface area contributed by atoms with Gasteiger partial charge in [0.2, 0.25) is 0 Å². The van der Waals surface area contributed by atoms with Gasteiger partial charge in [-0.3, -0.25) is 0 Å². The van der Waals surface area contributed by atoms with Gasteiger partial charge in [0.1, 0.15) is 0 Å². The van der Waals surface area contributed by atoms with E-state index in [0.29, 0.717) is 4.90 Å². The quantitative estimate of drug-likeness (QED) is 0.782. The summed E-state index contributed by atoms with van der Waals surface area (Å²) < 4.78 is 36.7. The molecule has 0 radical (unpaired) electrons. The van der Waals surface area contributed by atoms with Crippen molar-refractivity contribution in [2.24, 2.45) is 11.8 Å². The number of hydrogen-bond acceptors (Lipinski definition) is 4. The van der Waals surface area contributed by atoms with Crippen molar-refractivity contribution < 1.29 is 17.9 Å². The van der Waals surface area contributed by atoms with E-state index in [0.717, 1.165) is 6.42 Å². The van der Waals surface area contributed by atoms with E-state index in [2.05, 4.69) is 0 Å². The van der Waals surface area contributed by atoms with Crippen molar-refractivity contribution in [1.29, 1.82) is 0 Å². The molecule has 4 nitrogen and oxygen atoms in total. The van der Waals surface area contributed by atoms with Crippen molar-refractivity contribution in [2.45, 2.75) is 34.9 Å². The van der Waals surface area contributed by atoms with Crippen molar-refractivity contribution in [3.05, 3.63) is 30.3 Å². The molecule has 3 aliphatic rings. The smallest absolute Gasteiger partial charge is 0.184 e. The Kier molecular flexibility index (Phi) is 2.38. The first-order valence-electron chi connectivity index (χ1n) is 6.62. The van der Waals surface area contributed by atoms with E-state index in [1.165, 1.54) is 0 Å². The highest BCUT2D eigenvalue weighted by molar-refractivity contribution is 7.92. The third kappa shape index (κ3) is 1.49. The van der Waals surface area contributed by atoms with Crippen molar-refractivity contribution in [1.82, 2.24) is 0 Å². The van der Waals surface area contributed by atoms with E-state index in [4.69, 9.17) is 9.47 Å². The molecule has 1 aromatic carbocycles. The molecule has 0 aromatic heterocycles. The summed E-state index contributed by atoms with van der Waals surface area (Å²) in [6.45, 7) is 0. The Morgan fingerprint density at radius 2 is 1.84 bits per heavy atom. The number of hydrogen-bond donors (Lipinski definition) is 0. The summed E-state index contributed by atoms with van der Waals surface area (Å²) in [5.41, 5.74) is 0. The van der Waals surface area contributed by atoms with Gasteiger partial charge in [-0.05, 0) is 18.6 Å². The maximum atomic E-state index is 12.8. The molecule has 1 aliphatic heterocycles. The fourth-order valence-corrected chi connectivity index (χ4v) is 6.26. The van der Waals surface area contributed by atoms with E-state index in [1.54, 1.807) is 31.4 Å². The van der Waals surface area contributed by atoms with E-state index < -0.39 is 15.1 Å². The van der Waals surface area contributed by atoms with Crippen LogP contribution in [0.4, 0.5) is 0 Å². The van der Waals surface area contributed by atoms with Crippen LogP contribution in [0.5, 0.6) is 0 Å². The molecule has 2 aliphatic carbocycles. The number of sulfone groups is 1. The number of epoxide rings is 1. The van der Waals surface area contributed by atoms with Crippen LogP contribution in [-0.4, -0.2) is 39.1 Å². The molecule has 0 N–H and O–H groups in total. The average Bonchev–Trinajstić information content (AvgIpc) is 3.05. The zero-order chi connectivity index (χ0) is 13.2. The van der Waals surface area contributed by atoms with Gasteiger partial charge in [-0.15, -0.1) is 0 Å². The predicted molar refractivity (Wildman–Crippen MR) is 68.5 cm³/mol. The van der Waals surface area contributed by atoms with Crippen molar-refractivity contribution in [2.75, 3.05) is 7.11 Å². The van der Waals surface area contributed by atoms with Crippen molar-refractivity contribution >= 4 is 9.84 Å². The SMILES string of the molecule is CO[C@@H]1[C@@H]2C[C@@H]([C@H]3O[C@@H]23)[C@H]1S(=O)(=O)c1ccccc1. The summed E-state index contributed by atoms with van der Waals surface area (Å²) in [6, 6.07) is 8.68. The predicted octanol–water partition coefficient (Wildman–Crippen LogP) is 1.26. The molecule has 6 atom stereocenters. The highest BCUT2D eigenvalue weighted by Crippen LogP contribution is 2.59. The average molecular weight is 280 g/mol. The van der Waals surface area contributed by atoms with Gasteiger partial charge in [0.05, 0.1) is 28.5 Å². The Morgan fingerprint density at radius 3 is 2.53 bits per heavy atom. The Bertz CT molecular complexity index is 597. The largest absolute Gasteiger partial charge is 0.380 e. The van der Waals surface area contributed by atoms with Crippen LogP contribution in [0.2, 0.25) is 0 Å². The van der Waals surface area contributed by atoms with E-state index in [-0.39, 0.29) is 30.1 Å². The van der Waals surface area contributed by atoms with Gasteiger partial charge in [-0.2, -0.15) is 0 Å². The van der Waals surface area contributed by atoms with Gasteiger partial charge in [-0.25, -0.2) is 8.42 Å². The summed E-state index contributed by atoms with van der Waals surface area (Å²) in [4.78, 5) is 0.395. The molecule has 4 rings (SSSR count). The van der Waals surface area contributed by atoms with Crippen LogP contribution >= 0.6 is 0 Å². The highest BCUT2D eigenvalue weighted by Gasteiger charge is 2.70. The number of ether oxygens (including phenoxy) is 2.